The Balaban J connectivity index is 1.32. The highest BCUT2D eigenvalue weighted by molar-refractivity contribution is 6.12. The fourth-order valence-corrected chi connectivity index (χ4v) is 5.81. The Morgan fingerprint density at radius 2 is 1.91 bits per heavy atom. The van der Waals surface area contributed by atoms with Crippen molar-refractivity contribution in [1.82, 2.24) is 15.2 Å². The summed E-state index contributed by atoms with van der Waals surface area (Å²) in [7, 11) is 1.23. The highest BCUT2D eigenvalue weighted by atomic mass is 19.4. The van der Waals surface area contributed by atoms with Crippen LogP contribution in [0.25, 0.3) is 0 Å². The summed E-state index contributed by atoms with van der Waals surface area (Å²) in [6, 6.07) is 5.70. The van der Waals surface area contributed by atoms with Gasteiger partial charge in [-0.15, -0.1) is 0 Å². The number of rotatable bonds is 8. The zero-order chi connectivity index (χ0) is 30.9. The fraction of sp³-hybridized carbons (Fsp3) is 0.344. The number of dihydropyridines is 1. The van der Waals surface area contributed by atoms with Crippen LogP contribution in [0.5, 0.6) is 0 Å². The number of hydrogen-bond donors (Lipinski definition) is 1. The molecule has 224 valence electrons. The topological polar surface area (TPSA) is 101 Å². The van der Waals surface area contributed by atoms with Gasteiger partial charge in [0.25, 0.3) is 11.8 Å². The van der Waals surface area contributed by atoms with Crippen molar-refractivity contribution in [3.63, 3.8) is 0 Å². The van der Waals surface area contributed by atoms with Crippen LogP contribution in [0, 0.1) is 11.8 Å². The number of aliphatic imine (C=N–C) groups is 1. The Hall–Kier alpha value is -4.38. The number of fused-ring (bicyclic) bond motifs is 2. The lowest BCUT2D eigenvalue weighted by Gasteiger charge is -2.27. The lowest BCUT2D eigenvalue weighted by Crippen LogP contribution is -2.42. The van der Waals surface area contributed by atoms with Crippen molar-refractivity contribution in [2.24, 2.45) is 16.8 Å². The molecule has 0 saturated carbocycles. The fourth-order valence-electron chi connectivity index (χ4n) is 5.81. The molecule has 1 aromatic carbocycles. The van der Waals surface area contributed by atoms with Crippen molar-refractivity contribution in [1.29, 1.82) is 0 Å². The molecule has 3 aliphatic rings. The summed E-state index contributed by atoms with van der Waals surface area (Å²) in [4.78, 5) is 49.0. The molecule has 0 saturated heterocycles. The molecule has 43 heavy (non-hydrogen) atoms. The average Bonchev–Trinajstić information content (AvgIpc) is 3.33. The van der Waals surface area contributed by atoms with Gasteiger partial charge in [0.2, 0.25) is 0 Å². The smallest absolute Gasteiger partial charge is 0.416 e. The van der Waals surface area contributed by atoms with Crippen LogP contribution in [0.1, 0.15) is 59.1 Å². The molecule has 0 radical (unpaired) electrons. The first-order chi connectivity index (χ1) is 20.4. The molecule has 2 aromatic rings. The van der Waals surface area contributed by atoms with E-state index in [0.29, 0.717) is 24.4 Å². The van der Waals surface area contributed by atoms with Crippen LogP contribution in [0.3, 0.4) is 0 Å². The van der Waals surface area contributed by atoms with Crippen molar-refractivity contribution < 1.29 is 32.3 Å². The molecule has 5 rings (SSSR count). The summed E-state index contributed by atoms with van der Waals surface area (Å²) in [5.74, 6) is -1.74. The van der Waals surface area contributed by atoms with E-state index in [2.05, 4.69) is 20.2 Å². The Labute approximate surface area is 247 Å². The zero-order valence-electron chi connectivity index (χ0n) is 23.9. The first-order valence-corrected chi connectivity index (χ1v) is 13.9. The number of methoxy groups -OCH3 is 1. The molecule has 2 unspecified atom stereocenters. The highest BCUT2D eigenvalue weighted by Gasteiger charge is 2.36. The van der Waals surface area contributed by atoms with Gasteiger partial charge in [-0.05, 0) is 46.9 Å². The second-order valence-electron chi connectivity index (χ2n) is 11.1. The van der Waals surface area contributed by atoms with Crippen molar-refractivity contribution in [2.75, 3.05) is 7.11 Å². The maximum atomic E-state index is 13.4. The summed E-state index contributed by atoms with van der Waals surface area (Å²) >= 11 is 0. The van der Waals surface area contributed by atoms with E-state index >= 15 is 0 Å². The van der Waals surface area contributed by atoms with E-state index in [1.54, 1.807) is 18.2 Å². The van der Waals surface area contributed by atoms with Gasteiger partial charge in [-0.2, -0.15) is 13.2 Å². The second kappa shape index (κ2) is 12.1. The Bertz CT molecular complexity index is 1560. The van der Waals surface area contributed by atoms with E-state index in [4.69, 9.17) is 4.74 Å². The maximum absolute atomic E-state index is 13.4. The minimum Gasteiger partial charge on any atom is -0.467 e. The highest BCUT2D eigenvalue weighted by Crippen LogP contribution is 2.39. The summed E-state index contributed by atoms with van der Waals surface area (Å²) in [6.07, 6.45) is 5.73. The van der Waals surface area contributed by atoms with Crippen LogP contribution >= 0.6 is 0 Å². The third-order valence-electron chi connectivity index (χ3n) is 7.79. The summed E-state index contributed by atoms with van der Waals surface area (Å²) in [5.41, 5.74) is 3.13. The molecular formula is C32H31F3N4O4. The number of carbonyl (C=O) groups is 3. The first-order valence-electron chi connectivity index (χ1n) is 13.9. The molecule has 1 N–H and O–H groups in total. The Kier molecular flexibility index (Phi) is 8.45. The number of carbonyl (C=O) groups excluding carboxylic acids is 3. The van der Waals surface area contributed by atoms with Gasteiger partial charge < -0.3 is 10.1 Å². The van der Waals surface area contributed by atoms with Crippen LogP contribution in [-0.2, 0) is 33.6 Å². The van der Waals surface area contributed by atoms with Crippen LogP contribution in [-0.4, -0.2) is 46.5 Å². The first kappa shape index (κ1) is 30.1. The number of hydrogen-bond acceptors (Lipinski definition) is 6. The zero-order valence-corrected chi connectivity index (χ0v) is 23.9. The van der Waals surface area contributed by atoms with Gasteiger partial charge in [-0.3, -0.25) is 19.5 Å². The number of aromatic nitrogens is 1. The largest absolute Gasteiger partial charge is 0.467 e. The van der Waals surface area contributed by atoms with Crippen molar-refractivity contribution in [3.05, 3.63) is 100 Å². The Morgan fingerprint density at radius 1 is 1.16 bits per heavy atom. The molecule has 8 nitrogen and oxygen atoms in total. The number of esters is 1. The van der Waals surface area contributed by atoms with Crippen molar-refractivity contribution in [2.45, 2.75) is 51.6 Å². The molecule has 0 bridgehead atoms. The number of benzene rings is 1. The van der Waals surface area contributed by atoms with Gasteiger partial charge in [0.05, 0.1) is 35.7 Å². The minimum atomic E-state index is -4.40. The summed E-state index contributed by atoms with van der Waals surface area (Å²) < 4.78 is 44.0. The normalized spacial score (nSPS) is 20.3. The number of amides is 2. The van der Waals surface area contributed by atoms with Gasteiger partial charge in [0.1, 0.15) is 6.04 Å². The van der Waals surface area contributed by atoms with E-state index in [-0.39, 0.29) is 29.9 Å². The minimum absolute atomic E-state index is 0.0563. The van der Waals surface area contributed by atoms with Gasteiger partial charge >= 0.3 is 12.1 Å². The molecular weight excluding hydrogens is 561 g/mol. The third kappa shape index (κ3) is 6.51. The molecule has 0 fully saturated rings. The number of allylic oxidation sites excluding steroid dienone is 4. The number of halogens is 3. The average molecular weight is 593 g/mol. The van der Waals surface area contributed by atoms with Gasteiger partial charge in [0.15, 0.2) is 0 Å². The SMILES string of the molecule is COC(=O)C(CC1=CC(=O)N=C2C=CC=CC12)NC(=O)c1cnc2c(c1)CN(Cc1ccc(C(F)(F)F)cc1)[C@H]2C(C)C. The van der Waals surface area contributed by atoms with E-state index in [9.17, 15) is 27.6 Å². The van der Waals surface area contributed by atoms with Crippen LogP contribution in [0.2, 0.25) is 0 Å². The molecule has 3 heterocycles. The molecule has 11 heteroatoms. The predicted octanol–water partition coefficient (Wildman–Crippen LogP) is 5.12. The lowest BCUT2D eigenvalue weighted by atomic mass is 9.84. The van der Waals surface area contributed by atoms with Crippen LogP contribution in [0.15, 0.2) is 77.5 Å². The standard InChI is InChI=1S/C32H31F3N4O4/c1-18(2)29-28-22(17-39(29)16-19-8-10-23(11-9-19)32(33,34)35)12-21(15-36-28)30(41)38-26(31(42)43-3)13-20-14-27(40)37-25-7-5-4-6-24(20)25/h4-12,14-15,18,24,26,29H,13,16-17H2,1-3H3,(H,38,41)/t24?,26?,29-/m0/s1. The van der Waals surface area contributed by atoms with Crippen LogP contribution < -0.4 is 5.32 Å². The van der Waals surface area contributed by atoms with E-state index in [0.717, 1.165) is 29.0 Å². The van der Waals surface area contributed by atoms with Gasteiger partial charge in [-0.1, -0.05) is 44.2 Å². The molecule has 2 aliphatic heterocycles. The van der Waals surface area contributed by atoms with E-state index < -0.39 is 35.6 Å². The Morgan fingerprint density at radius 3 is 2.58 bits per heavy atom. The molecule has 2 amide bonds. The lowest BCUT2D eigenvalue weighted by molar-refractivity contribution is -0.143. The molecule has 0 spiro atoms. The van der Waals surface area contributed by atoms with Gasteiger partial charge in [0, 0.05) is 37.7 Å². The quantitative estimate of drug-likeness (QED) is 0.427. The number of ether oxygens (including phenoxy) is 1. The second-order valence-corrected chi connectivity index (χ2v) is 11.1. The van der Waals surface area contributed by atoms with E-state index in [1.165, 1.54) is 31.5 Å². The molecule has 3 atom stereocenters. The molecule has 1 aromatic heterocycles. The van der Waals surface area contributed by atoms with Crippen molar-refractivity contribution >= 4 is 23.5 Å². The molecule has 1 aliphatic carbocycles. The predicted molar refractivity (Wildman–Crippen MR) is 153 cm³/mol. The number of alkyl halides is 3. The van der Waals surface area contributed by atoms with Crippen molar-refractivity contribution in [3.8, 4) is 0 Å². The van der Waals surface area contributed by atoms with Crippen LogP contribution in [0.4, 0.5) is 13.2 Å². The summed E-state index contributed by atoms with van der Waals surface area (Å²) in [6.45, 7) is 4.95. The number of nitrogens with zero attached hydrogens (tertiary/aromatic N) is 3. The van der Waals surface area contributed by atoms with E-state index in [1.807, 2.05) is 26.0 Å². The maximum Gasteiger partial charge on any atom is 0.416 e. The monoisotopic (exact) mass is 592 g/mol. The third-order valence-corrected chi connectivity index (χ3v) is 7.79. The number of nitrogens with one attached hydrogen (secondary N) is 1. The number of pyridine rings is 1. The summed E-state index contributed by atoms with van der Waals surface area (Å²) in [5, 5.41) is 2.74. The van der Waals surface area contributed by atoms with Gasteiger partial charge in [-0.25, -0.2) is 9.79 Å².